The third-order valence-electron chi connectivity index (χ3n) is 11.1. The average molecular weight is 704 g/mol. The minimum atomic E-state index is -0.102. The average Bonchev–Trinajstić information content (AvgIpc) is 3.50. The molecule has 8 aromatic carbocycles. The van der Waals surface area contributed by atoms with Gasteiger partial charge in [0.25, 0.3) is 0 Å². The van der Waals surface area contributed by atoms with Crippen molar-refractivity contribution in [2.45, 2.75) is 19.3 Å². The molecule has 1 aliphatic carbocycles. The highest BCUT2D eigenvalue weighted by Crippen LogP contribution is 2.52. The van der Waals surface area contributed by atoms with Gasteiger partial charge in [0.1, 0.15) is 0 Å². The summed E-state index contributed by atoms with van der Waals surface area (Å²) in [5.41, 5.74) is 15.3. The van der Waals surface area contributed by atoms with Gasteiger partial charge in [-0.1, -0.05) is 190 Å². The SMILES string of the molecule is CC1(C)c2ccccc2-c2cccc(-c3ccc4ccc(-c5nc(-c6ccc(-c7ccccc7)cc6)nc(-c6ccc(-c7ccccc7)cc6)n5)cc4c3)c21. The smallest absolute Gasteiger partial charge is 0.164 e. The van der Waals surface area contributed by atoms with Crippen molar-refractivity contribution in [3.8, 4) is 78.7 Å². The number of fused-ring (bicyclic) bond motifs is 4. The topological polar surface area (TPSA) is 38.7 Å². The summed E-state index contributed by atoms with van der Waals surface area (Å²) in [5, 5.41) is 2.31. The van der Waals surface area contributed by atoms with Crippen LogP contribution in [-0.2, 0) is 5.41 Å². The highest BCUT2D eigenvalue weighted by Gasteiger charge is 2.37. The van der Waals surface area contributed by atoms with Gasteiger partial charge < -0.3 is 0 Å². The van der Waals surface area contributed by atoms with Gasteiger partial charge in [0, 0.05) is 22.1 Å². The van der Waals surface area contributed by atoms with E-state index in [2.05, 4.69) is 190 Å². The summed E-state index contributed by atoms with van der Waals surface area (Å²) in [6.07, 6.45) is 0. The zero-order chi connectivity index (χ0) is 36.9. The number of hydrogen-bond donors (Lipinski definition) is 0. The fraction of sp³-hybridized carbons (Fsp3) is 0.0577. The standard InChI is InChI=1S/C52H37N3/c1-52(2)47-19-10-9-16-45(47)46-18-11-17-44(48(46)52)41-30-24-38-25-31-42(33-43(38)32-41)51-54-49(39-26-20-36(21-27-39)34-12-5-3-6-13-34)53-50(55-51)40-28-22-37(23-29-40)35-14-7-4-8-15-35/h3-33H,1-2H3. The second-order valence-electron chi connectivity index (χ2n) is 14.9. The Morgan fingerprint density at radius 3 is 1.33 bits per heavy atom. The Morgan fingerprint density at radius 1 is 0.309 bits per heavy atom. The lowest BCUT2D eigenvalue weighted by Crippen LogP contribution is -2.16. The summed E-state index contributed by atoms with van der Waals surface area (Å²) < 4.78 is 0. The minimum Gasteiger partial charge on any atom is -0.208 e. The van der Waals surface area contributed by atoms with E-state index in [1.165, 1.54) is 49.9 Å². The van der Waals surface area contributed by atoms with Gasteiger partial charge in [-0.2, -0.15) is 0 Å². The van der Waals surface area contributed by atoms with E-state index >= 15 is 0 Å². The Morgan fingerprint density at radius 2 is 0.727 bits per heavy atom. The van der Waals surface area contributed by atoms with Gasteiger partial charge in [-0.05, 0) is 78.5 Å². The summed E-state index contributed by atoms with van der Waals surface area (Å²) in [6, 6.07) is 66.7. The van der Waals surface area contributed by atoms with Crippen molar-refractivity contribution in [2.75, 3.05) is 0 Å². The first kappa shape index (κ1) is 32.7. The summed E-state index contributed by atoms with van der Waals surface area (Å²) in [6.45, 7) is 4.70. The van der Waals surface area contributed by atoms with E-state index in [-0.39, 0.29) is 5.41 Å². The molecule has 0 bridgehead atoms. The van der Waals surface area contributed by atoms with Crippen LogP contribution in [0.3, 0.4) is 0 Å². The van der Waals surface area contributed by atoms with Crippen LogP contribution < -0.4 is 0 Å². The number of aromatic nitrogens is 3. The van der Waals surface area contributed by atoms with E-state index < -0.39 is 0 Å². The maximum atomic E-state index is 5.12. The molecule has 0 N–H and O–H groups in total. The van der Waals surface area contributed by atoms with Crippen molar-refractivity contribution < 1.29 is 0 Å². The Balaban J connectivity index is 1.08. The summed E-state index contributed by atoms with van der Waals surface area (Å²) in [4.78, 5) is 15.3. The fourth-order valence-electron chi connectivity index (χ4n) is 8.29. The quantitative estimate of drug-likeness (QED) is 0.173. The predicted molar refractivity (Wildman–Crippen MR) is 228 cm³/mol. The summed E-state index contributed by atoms with van der Waals surface area (Å²) in [5.74, 6) is 1.92. The Labute approximate surface area is 321 Å². The van der Waals surface area contributed by atoms with Crippen LogP contribution in [0.4, 0.5) is 0 Å². The summed E-state index contributed by atoms with van der Waals surface area (Å²) >= 11 is 0. The molecular weight excluding hydrogens is 667 g/mol. The zero-order valence-electron chi connectivity index (χ0n) is 30.7. The van der Waals surface area contributed by atoms with E-state index in [1.54, 1.807) is 0 Å². The first-order chi connectivity index (χ1) is 27.0. The van der Waals surface area contributed by atoms with Gasteiger partial charge in [-0.3, -0.25) is 0 Å². The molecule has 0 amide bonds. The van der Waals surface area contributed by atoms with Gasteiger partial charge in [0.2, 0.25) is 0 Å². The Kier molecular flexibility index (Phi) is 7.81. The van der Waals surface area contributed by atoms with Gasteiger partial charge in [-0.15, -0.1) is 0 Å². The number of benzene rings is 8. The molecule has 3 heteroatoms. The van der Waals surface area contributed by atoms with Crippen LogP contribution in [0, 0.1) is 0 Å². The van der Waals surface area contributed by atoms with Crippen molar-refractivity contribution in [1.82, 2.24) is 15.0 Å². The molecule has 1 aromatic heterocycles. The fourth-order valence-corrected chi connectivity index (χ4v) is 8.29. The van der Waals surface area contributed by atoms with E-state index in [4.69, 9.17) is 15.0 Å². The monoisotopic (exact) mass is 703 g/mol. The number of rotatable bonds is 6. The largest absolute Gasteiger partial charge is 0.208 e. The molecule has 0 aliphatic heterocycles. The van der Waals surface area contributed by atoms with Crippen molar-refractivity contribution in [3.63, 3.8) is 0 Å². The summed E-state index contributed by atoms with van der Waals surface area (Å²) in [7, 11) is 0. The van der Waals surface area contributed by atoms with Crippen LogP contribution in [0.2, 0.25) is 0 Å². The Bertz CT molecular complexity index is 2760. The van der Waals surface area contributed by atoms with Crippen LogP contribution >= 0.6 is 0 Å². The lowest BCUT2D eigenvalue weighted by Gasteiger charge is -2.24. The molecule has 0 radical (unpaired) electrons. The number of nitrogens with zero attached hydrogens (tertiary/aromatic N) is 3. The molecule has 3 nitrogen and oxygen atoms in total. The molecule has 1 aliphatic rings. The molecule has 0 fully saturated rings. The lowest BCUT2D eigenvalue weighted by atomic mass is 9.78. The molecule has 55 heavy (non-hydrogen) atoms. The third kappa shape index (κ3) is 5.82. The third-order valence-corrected chi connectivity index (χ3v) is 11.1. The Hall–Kier alpha value is -6.97. The van der Waals surface area contributed by atoms with Crippen LogP contribution in [-0.4, -0.2) is 15.0 Å². The van der Waals surface area contributed by atoms with E-state index in [1.807, 2.05) is 12.1 Å². The first-order valence-electron chi connectivity index (χ1n) is 18.9. The van der Waals surface area contributed by atoms with E-state index in [0.29, 0.717) is 17.5 Å². The van der Waals surface area contributed by atoms with Crippen molar-refractivity contribution in [3.05, 3.63) is 199 Å². The van der Waals surface area contributed by atoms with Gasteiger partial charge in [-0.25, -0.2) is 15.0 Å². The van der Waals surface area contributed by atoms with E-state index in [9.17, 15) is 0 Å². The molecule has 260 valence electrons. The number of hydrogen-bond acceptors (Lipinski definition) is 3. The highest BCUT2D eigenvalue weighted by atomic mass is 15.0. The van der Waals surface area contributed by atoms with Crippen LogP contribution in [0.1, 0.15) is 25.0 Å². The normalized spacial score (nSPS) is 12.7. The van der Waals surface area contributed by atoms with Gasteiger partial charge in [0.15, 0.2) is 17.5 Å². The lowest BCUT2D eigenvalue weighted by molar-refractivity contribution is 0.662. The second kappa shape index (κ2) is 13.2. The molecule has 0 saturated carbocycles. The van der Waals surface area contributed by atoms with Gasteiger partial charge in [0.05, 0.1) is 0 Å². The van der Waals surface area contributed by atoms with Crippen LogP contribution in [0.15, 0.2) is 188 Å². The molecular formula is C52H37N3. The highest BCUT2D eigenvalue weighted by molar-refractivity contribution is 5.94. The molecule has 0 saturated heterocycles. The maximum absolute atomic E-state index is 5.12. The van der Waals surface area contributed by atoms with Crippen LogP contribution in [0.25, 0.3) is 89.4 Å². The van der Waals surface area contributed by atoms with Crippen molar-refractivity contribution in [1.29, 1.82) is 0 Å². The van der Waals surface area contributed by atoms with Crippen molar-refractivity contribution >= 4 is 10.8 Å². The molecule has 0 spiro atoms. The first-order valence-corrected chi connectivity index (χ1v) is 18.9. The molecule has 0 unspecified atom stereocenters. The van der Waals surface area contributed by atoms with Crippen LogP contribution in [0.5, 0.6) is 0 Å². The molecule has 0 atom stereocenters. The molecule has 9 aromatic rings. The maximum Gasteiger partial charge on any atom is 0.164 e. The second-order valence-corrected chi connectivity index (χ2v) is 14.9. The predicted octanol–water partition coefficient (Wildman–Crippen LogP) is 13.3. The van der Waals surface area contributed by atoms with E-state index in [0.717, 1.165) is 33.2 Å². The zero-order valence-corrected chi connectivity index (χ0v) is 30.7. The minimum absolute atomic E-state index is 0.102. The van der Waals surface area contributed by atoms with Gasteiger partial charge >= 0.3 is 0 Å². The molecule has 10 rings (SSSR count). The molecule has 1 heterocycles. The van der Waals surface area contributed by atoms with Crippen molar-refractivity contribution in [2.24, 2.45) is 0 Å².